The number of hydrazine groups is 1. The van der Waals surface area contributed by atoms with Gasteiger partial charge in [-0.2, -0.15) is 0 Å². The Hall–Kier alpha value is -2.04. The predicted molar refractivity (Wildman–Crippen MR) is 79.8 cm³/mol. The molecular formula is C16H20N2O2. The van der Waals surface area contributed by atoms with Gasteiger partial charge in [-0.15, -0.1) is 0 Å². The average molecular weight is 272 g/mol. The summed E-state index contributed by atoms with van der Waals surface area (Å²) in [5.74, 6) is 7.37. The number of benzene rings is 2. The lowest BCUT2D eigenvalue weighted by atomic mass is 9.99. The van der Waals surface area contributed by atoms with Crippen molar-refractivity contribution in [1.29, 1.82) is 0 Å². The van der Waals surface area contributed by atoms with E-state index in [4.69, 9.17) is 15.3 Å². The van der Waals surface area contributed by atoms with Crippen LogP contribution in [0.3, 0.4) is 0 Å². The minimum Gasteiger partial charge on any atom is -0.497 e. The fraction of sp³-hybridized carbons (Fsp3) is 0.250. The summed E-state index contributed by atoms with van der Waals surface area (Å²) in [4.78, 5) is 0. The maximum atomic E-state index is 5.67. The lowest BCUT2D eigenvalue weighted by molar-refractivity contribution is 0.414. The molecule has 20 heavy (non-hydrogen) atoms. The number of hydrogen-bond donors (Lipinski definition) is 2. The lowest BCUT2D eigenvalue weighted by Crippen LogP contribution is -2.29. The molecule has 1 atom stereocenters. The molecule has 0 fully saturated rings. The van der Waals surface area contributed by atoms with E-state index in [2.05, 4.69) is 5.43 Å². The molecule has 0 saturated heterocycles. The molecule has 0 aromatic heterocycles. The van der Waals surface area contributed by atoms with E-state index in [0.717, 1.165) is 23.5 Å². The van der Waals surface area contributed by atoms with Crippen LogP contribution in [0.15, 0.2) is 48.5 Å². The minimum absolute atomic E-state index is 0.0642. The molecule has 3 N–H and O–H groups in total. The second-order valence-electron chi connectivity index (χ2n) is 4.54. The zero-order valence-electron chi connectivity index (χ0n) is 11.8. The first-order chi connectivity index (χ1) is 9.76. The maximum Gasteiger partial charge on any atom is 0.118 e. The van der Waals surface area contributed by atoms with Crippen LogP contribution >= 0.6 is 0 Å². The Bertz CT molecular complexity index is 523. The Morgan fingerprint density at radius 3 is 1.85 bits per heavy atom. The van der Waals surface area contributed by atoms with E-state index in [9.17, 15) is 0 Å². The van der Waals surface area contributed by atoms with Crippen molar-refractivity contribution in [3.05, 3.63) is 59.7 Å². The van der Waals surface area contributed by atoms with Gasteiger partial charge in [-0.05, 0) is 41.8 Å². The monoisotopic (exact) mass is 272 g/mol. The second kappa shape index (κ2) is 6.93. The number of nitrogens with two attached hydrogens (primary N) is 1. The van der Waals surface area contributed by atoms with Crippen molar-refractivity contribution in [1.82, 2.24) is 5.43 Å². The van der Waals surface area contributed by atoms with E-state index in [0.29, 0.717) is 0 Å². The molecule has 0 saturated carbocycles. The molecular weight excluding hydrogens is 252 g/mol. The average Bonchev–Trinajstić information content (AvgIpc) is 2.53. The van der Waals surface area contributed by atoms with Crippen molar-refractivity contribution in [2.45, 2.75) is 12.5 Å². The standard InChI is InChI=1S/C16H20N2O2/c1-19-14-7-3-12(4-8-14)11-16(18-17)13-5-9-15(20-2)10-6-13/h3-10,16,18H,11,17H2,1-2H3. The first-order valence-corrected chi connectivity index (χ1v) is 6.50. The SMILES string of the molecule is COc1ccc(CC(NN)c2ccc(OC)cc2)cc1. The molecule has 4 nitrogen and oxygen atoms in total. The summed E-state index contributed by atoms with van der Waals surface area (Å²) in [6.45, 7) is 0. The van der Waals surface area contributed by atoms with Crippen LogP contribution in [0.1, 0.15) is 17.2 Å². The molecule has 0 aliphatic heterocycles. The molecule has 2 aromatic carbocycles. The summed E-state index contributed by atoms with van der Waals surface area (Å²) in [6, 6.07) is 16.0. The van der Waals surface area contributed by atoms with E-state index >= 15 is 0 Å². The van der Waals surface area contributed by atoms with Gasteiger partial charge in [0.1, 0.15) is 11.5 Å². The van der Waals surface area contributed by atoms with Crippen molar-refractivity contribution >= 4 is 0 Å². The highest BCUT2D eigenvalue weighted by molar-refractivity contribution is 5.32. The Morgan fingerprint density at radius 1 is 0.900 bits per heavy atom. The molecule has 0 heterocycles. The predicted octanol–water partition coefficient (Wildman–Crippen LogP) is 2.45. The fourth-order valence-corrected chi connectivity index (χ4v) is 2.11. The summed E-state index contributed by atoms with van der Waals surface area (Å²) < 4.78 is 10.3. The number of nitrogens with one attached hydrogen (secondary N) is 1. The first-order valence-electron chi connectivity index (χ1n) is 6.50. The van der Waals surface area contributed by atoms with Gasteiger partial charge in [-0.1, -0.05) is 24.3 Å². The van der Waals surface area contributed by atoms with Crippen LogP contribution in [0.4, 0.5) is 0 Å². The van der Waals surface area contributed by atoms with E-state index in [1.54, 1.807) is 14.2 Å². The zero-order chi connectivity index (χ0) is 14.4. The molecule has 0 bridgehead atoms. The maximum absolute atomic E-state index is 5.67. The second-order valence-corrected chi connectivity index (χ2v) is 4.54. The van der Waals surface area contributed by atoms with E-state index in [-0.39, 0.29) is 6.04 Å². The van der Waals surface area contributed by atoms with E-state index < -0.39 is 0 Å². The molecule has 0 radical (unpaired) electrons. The van der Waals surface area contributed by atoms with Crippen molar-refractivity contribution in [2.24, 2.45) is 5.84 Å². The van der Waals surface area contributed by atoms with Crippen molar-refractivity contribution in [3.63, 3.8) is 0 Å². The van der Waals surface area contributed by atoms with Gasteiger partial charge in [0.05, 0.1) is 14.2 Å². The van der Waals surface area contributed by atoms with Gasteiger partial charge in [0, 0.05) is 6.04 Å². The van der Waals surface area contributed by atoms with E-state index in [1.807, 2.05) is 48.5 Å². The fourth-order valence-electron chi connectivity index (χ4n) is 2.11. The summed E-state index contributed by atoms with van der Waals surface area (Å²) >= 11 is 0. The first kappa shape index (κ1) is 14.4. The van der Waals surface area contributed by atoms with Crippen LogP contribution in [0.5, 0.6) is 11.5 Å². The number of ether oxygens (including phenoxy) is 2. The smallest absolute Gasteiger partial charge is 0.118 e. The van der Waals surface area contributed by atoms with Crippen molar-refractivity contribution < 1.29 is 9.47 Å². The molecule has 2 rings (SSSR count). The summed E-state index contributed by atoms with van der Waals surface area (Å²) in [5.41, 5.74) is 5.19. The topological polar surface area (TPSA) is 56.5 Å². The van der Waals surface area contributed by atoms with Crippen LogP contribution in [0.25, 0.3) is 0 Å². The zero-order valence-corrected chi connectivity index (χ0v) is 11.8. The van der Waals surface area contributed by atoms with Crippen molar-refractivity contribution in [3.8, 4) is 11.5 Å². The third-order valence-corrected chi connectivity index (χ3v) is 3.32. The summed E-state index contributed by atoms with van der Waals surface area (Å²) in [7, 11) is 3.32. The number of hydrogen-bond acceptors (Lipinski definition) is 4. The Balaban J connectivity index is 2.10. The molecule has 0 aliphatic carbocycles. The van der Waals surface area contributed by atoms with Crippen LogP contribution in [-0.2, 0) is 6.42 Å². The van der Waals surface area contributed by atoms with Gasteiger partial charge in [0.25, 0.3) is 0 Å². The van der Waals surface area contributed by atoms with Crippen LogP contribution in [0, 0.1) is 0 Å². The largest absolute Gasteiger partial charge is 0.497 e. The summed E-state index contributed by atoms with van der Waals surface area (Å²) in [6.07, 6.45) is 0.812. The van der Waals surface area contributed by atoms with Crippen LogP contribution in [0.2, 0.25) is 0 Å². The van der Waals surface area contributed by atoms with E-state index in [1.165, 1.54) is 5.56 Å². The molecule has 0 aliphatic rings. The Labute approximate surface area is 119 Å². The van der Waals surface area contributed by atoms with Gasteiger partial charge in [0.15, 0.2) is 0 Å². The molecule has 1 unspecified atom stereocenters. The molecule has 106 valence electrons. The minimum atomic E-state index is 0.0642. The highest BCUT2D eigenvalue weighted by Gasteiger charge is 2.10. The Morgan fingerprint density at radius 2 is 1.40 bits per heavy atom. The molecule has 4 heteroatoms. The van der Waals surface area contributed by atoms with Crippen LogP contribution < -0.4 is 20.7 Å². The van der Waals surface area contributed by atoms with Gasteiger partial charge >= 0.3 is 0 Å². The highest BCUT2D eigenvalue weighted by atomic mass is 16.5. The van der Waals surface area contributed by atoms with Crippen molar-refractivity contribution in [2.75, 3.05) is 14.2 Å². The van der Waals surface area contributed by atoms with Gasteiger partial charge in [-0.25, -0.2) is 0 Å². The van der Waals surface area contributed by atoms with Crippen LogP contribution in [-0.4, -0.2) is 14.2 Å². The third kappa shape index (κ3) is 3.50. The van der Waals surface area contributed by atoms with Gasteiger partial charge in [0.2, 0.25) is 0 Å². The number of methoxy groups -OCH3 is 2. The molecule has 0 amide bonds. The summed E-state index contributed by atoms with van der Waals surface area (Å²) in [5, 5.41) is 0. The highest BCUT2D eigenvalue weighted by Crippen LogP contribution is 2.21. The molecule has 0 spiro atoms. The number of rotatable bonds is 6. The lowest BCUT2D eigenvalue weighted by Gasteiger charge is -2.17. The normalized spacial score (nSPS) is 11.9. The Kier molecular flexibility index (Phi) is 4.98. The molecule has 2 aromatic rings. The quantitative estimate of drug-likeness (QED) is 0.626. The third-order valence-electron chi connectivity index (χ3n) is 3.32. The van der Waals surface area contributed by atoms with Gasteiger partial charge < -0.3 is 9.47 Å². The van der Waals surface area contributed by atoms with Gasteiger partial charge in [-0.3, -0.25) is 11.3 Å².